The molecule has 22 heavy (non-hydrogen) atoms. The van der Waals surface area contributed by atoms with Crippen molar-refractivity contribution >= 4 is 11.6 Å². The van der Waals surface area contributed by atoms with Crippen LogP contribution >= 0.6 is 0 Å². The first-order valence-corrected chi connectivity index (χ1v) is 7.59. The Balaban J connectivity index is 1.56. The Labute approximate surface area is 130 Å². The topological polar surface area (TPSA) is 71.5 Å². The van der Waals surface area contributed by atoms with Gasteiger partial charge in [-0.1, -0.05) is 18.2 Å². The van der Waals surface area contributed by atoms with E-state index in [2.05, 4.69) is 41.4 Å². The van der Waals surface area contributed by atoms with E-state index in [-0.39, 0.29) is 5.91 Å². The number of carbonyl (C=O) groups excluding carboxylic acids is 1. The van der Waals surface area contributed by atoms with Gasteiger partial charge >= 0.3 is 0 Å². The fourth-order valence-corrected chi connectivity index (χ4v) is 2.97. The lowest BCUT2D eigenvalue weighted by atomic mass is 10.1. The molecule has 0 bridgehead atoms. The molecule has 0 radical (unpaired) electrons. The molecule has 0 spiro atoms. The number of para-hydroxylation sites is 1. The highest BCUT2D eigenvalue weighted by Crippen LogP contribution is 2.31. The lowest BCUT2D eigenvalue weighted by Crippen LogP contribution is -2.37. The SMILES string of the molecule is CC1Cc2ccccc2N1CCNC(=O)c1coc(CN)c1. The van der Waals surface area contributed by atoms with E-state index in [1.165, 1.54) is 17.5 Å². The van der Waals surface area contributed by atoms with Crippen LogP contribution in [0.3, 0.4) is 0 Å². The van der Waals surface area contributed by atoms with Gasteiger partial charge in [0.1, 0.15) is 12.0 Å². The highest BCUT2D eigenvalue weighted by atomic mass is 16.3. The van der Waals surface area contributed by atoms with Crippen molar-refractivity contribution < 1.29 is 9.21 Å². The zero-order chi connectivity index (χ0) is 15.5. The first kappa shape index (κ1) is 14.7. The van der Waals surface area contributed by atoms with Crippen LogP contribution in [0.25, 0.3) is 0 Å². The predicted octanol–water partition coefficient (Wildman–Crippen LogP) is 1.92. The van der Waals surface area contributed by atoms with Gasteiger partial charge in [-0.05, 0) is 31.0 Å². The summed E-state index contributed by atoms with van der Waals surface area (Å²) < 4.78 is 5.18. The quantitative estimate of drug-likeness (QED) is 0.885. The van der Waals surface area contributed by atoms with Gasteiger partial charge < -0.3 is 20.4 Å². The van der Waals surface area contributed by atoms with Crippen molar-refractivity contribution in [3.05, 3.63) is 53.5 Å². The molecular weight excluding hydrogens is 278 g/mol. The fourth-order valence-electron chi connectivity index (χ4n) is 2.97. The maximum atomic E-state index is 12.0. The molecule has 0 aliphatic carbocycles. The standard InChI is InChI=1S/C17H21N3O2/c1-12-8-13-4-2-3-5-16(13)20(12)7-6-19-17(21)14-9-15(10-18)22-11-14/h2-5,9,11-12H,6-8,10,18H2,1H3,(H,19,21). The molecular formula is C17H21N3O2. The second kappa shape index (κ2) is 6.23. The molecule has 1 aromatic carbocycles. The van der Waals surface area contributed by atoms with E-state index in [9.17, 15) is 4.79 Å². The number of hydrogen-bond donors (Lipinski definition) is 2. The number of fused-ring (bicyclic) bond motifs is 1. The average molecular weight is 299 g/mol. The maximum Gasteiger partial charge on any atom is 0.254 e. The van der Waals surface area contributed by atoms with Crippen molar-refractivity contribution in [3.8, 4) is 0 Å². The summed E-state index contributed by atoms with van der Waals surface area (Å²) in [4.78, 5) is 14.4. The van der Waals surface area contributed by atoms with Crippen LogP contribution in [-0.4, -0.2) is 25.0 Å². The predicted molar refractivity (Wildman–Crippen MR) is 85.9 cm³/mol. The summed E-state index contributed by atoms with van der Waals surface area (Å²) >= 11 is 0. The van der Waals surface area contributed by atoms with E-state index in [4.69, 9.17) is 10.2 Å². The number of rotatable bonds is 5. The summed E-state index contributed by atoms with van der Waals surface area (Å²) in [5.41, 5.74) is 8.65. The van der Waals surface area contributed by atoms with Crippen LogP contribution in [0.1, 0.15) is 28.6 Å². The Kier molecular flexibility index (Phi) is 4.15. The van der Waals surface area contributed by atoms with Crippen molar-refractivity contribution in [2.75, 3.05) is 18.0 Å². The molecule has 1 aliphatic rings. The monoisotopic (exact) mass is 299 g/mol. The maximum absolute atomic E-state index is 12.0. The van der Waals surface area contributed by atoms with Gasteiger partial charge in [0, 0.05) is 24.8 Å². The molecule has 0 saturated heterocycles. The third-order valence-corrected chi connectivity index (χ3v) is 4.10. The number of furan rings is 1. The summed E-state index contributed by atoms with van der Waals surface area (Å²) in [7, 11) is 0. The van der Waals surface area contributed by atoms with Gasteiger partial charge in [-0.2, -0.15) is 0 Å². The minimum atomic E-state index is -0.122. The molecule has 116 valence electrons. The Morgan fingerprint density at radius 1 is 1.45 bits per heavy atom. The van der Waals surface area contributed by atoms with Gasteiger partial charge in [0.15, 0.2) is 0 Å². The highest BCUT2D eigenvalue weighted by molar-refractivity contribution is 5.94. The summed E-state index contributed by atoms with van der Waals surface area (Å²) in [5.74, 6) is 0.496. The number of nitrogens with one attached hydrogen (secondary N) is 1. The summed E-state index contributed by atoms with van der Waals surface area (Å²) in [6.45, 7) is 3.91. The number of amides is 1. The van der Waals surface area contributed by atoms with Gasteiger partial charge in [-0.15, -0.1) is 0 Å². The van der Waals surface area contributed by atoms with E-state index in [1.54, 1.807) is 6.07 Å². The first-order chi connectivity index (χ1) is 10.7. The zero-order valence-electron chi connectivity index (χ0n) is 12.7. The van der Waals surface area contributed by atoms with Crippen LogP contribution < -0.4 is 16.0 Å². The number of anilines is 1. The average Bonchev–Trinajstić information content (AvgIpc) is 3.12. The molecule has 3 N–H and O–H groups in total. The van der Waals surface area contributed by atoms with Gasteiger partial charge in [0.25, 0.3) is 5.91 Å². The third kappa shape index (κ3) is 2.85. The molecule has 0 fully saturated rings. The van der Waals surface area contributed by atoms with Gasteiger partial charge in [-0.3, -0.25) is 4.79 Å². The van der Waals surface area contributed by atoms with Crippen LogP contribution in [0.2, 0.25) is 0 Å². The number of hydrogen-bond acceptors (Lipinski definition) is 4. The molecule has 5 heteroatoms. The van der Waals surface area contributed by atoms with Crippen LogP contribution in [0.4, 0.5) is 5.69 Å². The van der Waals surface area contributed by atoms with E-state index in [0.29, 0.717) is 30.5 Å². The fraction of sp³-hybridized carbons (Fsp3) is 0.353. The molecule has 1 aliphatic heterocycles. The van der Waals surface area contributed by atoms with Crippen molar-refractivity contribution in [2.45, 2.75) is 25.9 Å². The lowest BCUT2D eigenvalue weighted by Gasteiger charge is -2.24. The van der Waals surface area contributed by atoms with Crippen LogP contribution in [0, 0.1) is 0 Å². The highest BCUT2D eigenvalue weighted by Gasteiger charge is 2.24. The van der Waals surface area contributed by atoms with Crippen molar-refractivity contribution in [1.29, 1.82) is 0 Å². The third-order valence-electron chi connectivity index (χ3n) is 4.10. The number of nitrogens with two attached hydrogens (primary N) is 1. The normalized spacial score (nSPS) is 16.6. The lowest BCUT2D eigenvalue weighted by molar-refractivity contribution is 0.0954. The molecule has 1 atom stereocenters. The second-order valence-electron chi connectivity index (χ2n) is 5.64. The molecule has 1 amide bonds. The van der Waals surface area contributed by atoms with Gasteiger partial charge in [0.05, 0.1) is 12.1 Å². The number of nitrogens with zero attached hydrogens (tertiary/aromatic N) is 1. The van der Waals surface area contributed by atoms with E-state index >= 15 is 0 Å². The molecule has 3 rings (SSSR count). The zero-order valence-corrected chi connectivity index (χ0v) is 12.7. The Hall–Kier alpha value is -2.27. The molecule has 0 saturated carbocycles. The molecule has 5 nitrogen and oxygen atoms in total. The summed E-state index contributed by atoms with van der Waals surface area (Å²) in [6.07, 6.45) is 2.51. The summed E-state index contributed by atoms with van der Waals surface area (Å²) in [6, 6.07) is 10.6. The molecule has 2 heterocycles. The van der Waals surface area contributed by atoms with E-state index in [1.807, 2.05) is 0 Å². The van der Waals surface area contributed by atoms with Crippen molar-refractivity contribution in [2.24, 2.45) is 5.73 Å². The van der Waals surface area contributed by atoms with Crippen LogP contribution in [0.5, 0.6) is 0 Å². The number of carbonyl (C=O) groups is 1. The Bertz CT molecular complexity index is 665. The second-order valence-corrected chi connectivity index (χ2v) is 5.64. The van der Waals surface area contributed by atoms with Gasteiger partial charge in [-0.25, -0.2) is 0 Å². The van der Waals surface area contributed by atoms with E-state index in [0.717, 1.165) is 13.0 Å². The van der Waals surface area contributed by atoms with Crippen molar-refractivity contribution in [1.82, 2.24) is 5.32 Å². The minimum Gasteiger partial charge on any atom is -0.467 e. The number of benzene rings is 1. The van der Waals surface area contributed by atoms with Gasteiger partial charge in [0.2, 0.25) is 0 Å². The molecule has 2 aromatic rings. The van der Waals surface area contributed by atoms with E-state index < -0.39 is 0 Å². The first-order valence-electron chi connectivity index (χ1n) is 7.59. The minimum absolute atomic E-state index is 0.122. The van der Waals surface area contributed by atoms with Crippen LogP contribution in [-0.2, 0) is 13.0 Å². The van der Waals surface area contributed by atoms with Crippen LogP contribution in [0.15, 0.2) is 41.0 Å². The largest absolute Gasteiger partial charge is 0.467 e. The smallest absolute Gasteiger partial charge is 0.254 e. The summed E-state index contributed by atoms with van der Waals surface area (Å²) in [5, 5.41) is 2.93. The Morgan fingerprint density at radius 2 is 2.27 bits per heavy atom. The molecule has 1 unspecified atom stereocenters. The Morgan fingerprint density at radius 3 is 3.05 bits per heavy atom. The molecule has 1 aromatic heterocycles. The van der Waals surface area contributed by atoms with Crippen molar-refractivity contribution in [3.63, 3.8) is 0 Å².